The van der Waals surface area contributed by atoms with Gasteiger partial charge in [0, 0.05) is 45.4 Å². The Labute approximate surface area is 230 Å². The average molecular weight is 602 g/mol. The number of nitrogens with zero attached hydrogens (tertiary/aromatic N) is 2. The number of nitrogens with one attached hydrogen (secondary N) is 2. The SMILES string of the molecule is CC1=C(C(=O)Nc2nc3ccc(Br)cc3s2)[C@@H](c2ccc(Cl)c([N+](=O)[O-])c2)C2=C(CC(C)(C)CC2=O)N1. The van der Waals surface area contributed by atoms with Gasteiger partial charge in [-0.1, -0.05) is 58.8 Å². The maximum atomic E-state index is 13.8. The number of halogens is 2. The molecule has 2 N–H and O–H groups in total. The summed E-state index contributed by atoms with van der Waals surface area (Å²) in [6.45, 7) is 5.81. The van der Waals surface area contributed by atoms with Crippen LogP contribution in [0.2, 0.25) is 5.02 Å². The molecule has 0 unspecified atom stereocenters. The summed E-state index contributed by atoms with van der Waals surface area (Å²) in [4.78, 5) is 42.8. The van der Waals surface area contributed by atoms with E-state index in [9.17, 15) is 19.7 Å². The number of dihydropyridines is 1. The van der Waals surface area contributed by atoms with Gasteiger partial charge in [0.1, 0.15) is 5.02 Å². The van der Waals surface area contributed by atoms with Crippen LogP contribution in [0.1, 0.15) is 45.1 Å². The first-order chi connectivity index (χ1) is 17.4. The van der Waals surface area contributed by atoms with Gasteiger partial charge in [0.15, 0.2) is 10.9 Å². The van der Waals surface area contributed by atoms with Gasteiger partial charge < -0.3 is 5.32 Å². The van der Waals surface area contributed by atoms with Crippen molar-refractivity contribution in [3.63, 3.8) is 0 Å². The third-order valence-electron chi connectivity index (χ3n) is 6.56. The van der Waals surface area contributed by atoms with Crippen LogP contribution in [-0.2, 0) is 9.59 Å². The molecule has 11 heteroatoms. The van der Waals surface area contributed by atoms with Crippen LogP contribution >= 0.6 is 38.9 Å². The van der Waals surface area contributed by atoms with Crippen molar-refractivity contribution in [2.24, 2.45) is 5.41 Å². The minimum atomic E-state index is -0.792. The van der Waals surface area contributed by atoms with Crippen LogP contribution in [0.5, 0.6) is 0 Å². The maximum absolute atomic E-state index is 13.8. The highest BCUT2D eigenvalue weighted by Crippen LogP contribution is 2.47. The number of ketones is 1. The number of hydrogen-bond donors (Lipinski definition) is 2. The van der Waals surface area contributed by atoms with Gasteiger partial charge in [-0.15, -0.1) is 0 Å². The first-order valence-electron chi connectivity index (χ1n) is 11.5. The molecule has 0 saturated heterocycles. The smallest absolute Gasteiger partial charge is 0.288 e. The number of hydrogen-bond acceptors (Lipinski definition) is 7. The average Bonchev–Trinajstić information content (AvgIpc) is 3.18. The number of rotatable bonds is 4. The van der Waals surface area contributed by atoms with Crippen LogP contribution in [0.15, 0.2) is 63.4 Å². The number of benzene rings is 2. The zero-order chi connectivity index (χ0) is 26.6. The van der Waals surface area contributed by atoms with Crippen LogP contribution in [0, 0.1) is 15.5 Å². The molecule has 1 atom stereocenters. The summed E-state index contributed by atoms with van der Waals surface area (Å²) in [5, 5.41) is 18.2. The van der Waals surface area contributed by atoms with E-state index in [1.807, 2.05) is 32.0 Å². The number of nitro benzene ring substituents is 1. The Morgan fingerprint density at radius 3 is 2.76 bits per heavy atom. The lowest BCUT2D eigenvalue weighted by Crippen LogP contribution is -2.39. The van der Waals surface area contributed by atoms with E-state index in [4.69, 9.17) is 11.6 Å². The molecule has 2 heterocycles. The molecule has 0 spiro atoms. The number of thiazole rings is 1. The topological polar surface area (TPSA) is 114 Å². The van der Waals surface area contributed by atoms with Crippen LogP contribution in [0.3, 0.4) is 0 Å². The number of amides is 1. The molecule has 2 aliphatic rings. The Morgan fingerprint density at radius 2 is 2.03 bits per heavy atom. The fourth-order valence-electron chi connectivity index (χ4n) is 5.04. The number of carbonyl (C=O) groups excluding carboxylic acids is 2. The lowest BCUT2D eigenvalue weighted by atomic mass is 9.68. The van der Waals surface area contributed by atoms with E-state index in [1.54, 1.807) is 13.0 Å². The van der Waals surface area contributed by atoms with Gasteiger partial charge in [-0.2, -0.15) is 0 Å². The minimum Gasteiger partial charge on any atom is -0.362 e. The zero-order valence-corrected chi connectivity index (χ0v) is 23.3. The number of allylic oxidation sites excluding steroid dienone is 3. The molecule has 190 valence electrons. The predicted octanol–water partition coefficient (Wildman–Crippen LogP) is 6.86. The molecule has 2 aromatic carbocycles. The van der Waals surface area contributed by atoms with Gasteiger partial charge in [0.25, 0.3) is 11.6 Å². The predicted molar refractivity (Wildman–Crippen MR) is 148 cm³/mol. The number of carbonyl (C=O) groups is 2. The second-order valence-electron chi connectivity index (χ2n) is 9.98. The summed E-state index contributed by atoms with van der Waals surface area (Å²) in [6.07, 6.45) is 0.916. The van der Waals surface area contributed by atoms with Crippen molar-refractivity contribution in [3.05, 3.63) is 84.1 Å². The molecule has 0 radical (unpaired) electrons. The normalized spacial score (nSPS) is 19.1. The Kier molecular flexibility index (Phi) is 6.45. The van der Waals surface area contributed by atoms with Gasteiger partial charge in [0.05, 0.1) is 15.1 Å². The Bertz CT molecular complexity index is 1580. The molecule has 0 bridgehead atoms. The number of anilines is 1. The van der Waals surface area contributed by atoms with Crippen molar-refractivity contribution >= 4 is 71.6 Å². The van der Waals surface area contributed by atoms with E-state index in [0.717, 1.165) is 20.4 Å². The number of nitro groups is 1. The molecule has 37 heavy (non-hydrogen) atoms. The lowest BCUT2D eigenvalue weighted by Gasteiger charge is -2.39. The van der Waals surface area contributed by atoms with Gasteiger partial charge in [-0.25, -0.2) is 4.98 Å². The van der Waals surface area contributed by atoms with E-state index in [1.165, 1.54) is 23.5 Å². The van der Waals surface area contributed by atoms with Crippen molar-refractivity contribution < 1.29 is 14.5 Å². The van der Waals surface area contributed by atoms with E-state index in [-0.39, 0.29) is 21.9 Å². The molecule has 1 aromatic heterocycles. The van der Waals surface area contributed by atoms with E-state index < -0.39 is 16.7 Å². The van der Waals surface area contributed by atoms with Crippen LogP contribution in [-0.4, -0.2) is 21.6 Å². The van der Waals surface area contributed by atoms with E-state index >= 15 is 0 Å². The summed E-state index contributed by atoms with van der Waals surface area (Å²) in [5.41, 5.74) is 2.75. The molecule has 0 fully saturated rings. The minimum absolute atomic E-state index is 0.0136. The van der Waals surface area contributed by atoms with Crippen LogP contribution < -0.4 is 10.6 Å². The third-order valence-corrected chi connectivity index (χ3v) is 8.30. The monoisotopic (exact) mass is 600 g/mol. The van der Waals surface area contributed by atoms with Crippen molar-refractivity contribution in [2.45, 2.75) is 39.5 Å². The van der Waals surface area contributed by atoms with Crippen molar-refractivity contribution in [1.82, 2.24) is 10.3 Å². The zero-order valence-electron chi connectivity index (χ0n) is 20.1. The van der Waals surface area contributed by atoms with Crippen molar-refractivity contribution in [3.8, 4) is 0 Å². The summed E-state index contributed by atoms with van der Waals surface area (Å²) < 4.78 is 1.80. The van der Waals surface area contributed by atoms with Gasteiger partial charge >= 0.3 is 0 Å². The summed E-state index contributed by atoms with van der Waals surface area (Å²) in [6, 6.07) is 10.1. The molecule has 0 saturated carbocycles. The third kappa shape index (κ3) is 4.81. The van der Waals surface area contributed by atoms with Crippen molar-refractivity contribution in [1.29, 1.82) is 0 Å². The molecular weight excluding hydrogens is 580 g/mol. The van der Waals surface area contributed by atoms with E-state index in [2.05, 4.69) is 31.5 Å². The number of fused-ring (bicyclic) bond motifs is 1. The Balaban J connectivity index is 1.61. The van der Waals surface area contributed by atoms with E-state index in [0.29, 0.717) is 40.4 Å². The van der Waals surface area contributed by atoms with Crippen molar-refractivity contribution in [2.75, 3.05) is 5.32 Å². The second kappa shape index (κ2) is 9.34. The second-order valence-corrected chi connectivity index (χ2v) is 12.3. The maximum Gasteiger partial charge on any atom is 0.288 e. The number of Topliss-reactive ketones (excluding diaryl/α,β-unsaturated/α-hetero) is 1. The Hall–Kier alpha value is -3.08. The first-order valence-corrected chi connectivity index (χ1v) is 13.5. The fraction of sp³-hybridized carbons (Fsp3) is 0.269. The molecule has 8 nitrogen and oxygen atoms in total. The molecule has 1 amide bonds. The van der Waals surface area contributed by atoms with Crippen LogP contribution in [0.4, 0.5) is 10.8 Å². The highest BCUT2D eigenvalue weighted by molar-refractivity contribution is 9.10. The molecule has 1 aliphatic carbocycles. The Morgan fingerprint density at radius 1 is 1.27 bits per heavy atom. The standard InChI is InChI=1S/C26H22BrClN4O4S/c1-12-21(24(34)31-25-30-16-7-5-14(27)9-20(16)37-25)22(13-4-6-15(28)18(8-13)32(35)36)23-17(29-12)10-26(2,3)11-19(23)33/h4-9,22,29H,10-11H2,1-3H3,(H,30,31,34)/t22-/m1/s1. The fourth-order valence-corrected chi connectivity index (χ4v) is 6.64. The molecule has 3 aromatic rings. The highest BCUT2D eigenvalue weighted by Gasteiger charge is 2.43. The summed E-state index contributed by atoms with van der Waals surface area (Å²) in [5.74, 6) is -1.32. The highest BCUT2D eigenvalue weighted by atomic mass is 79.9. The van der Waals surface area contributed by atoms with Gasteiger partial charge in [-0.05, 0) is 48.6 Å². The largest absolute Gasteiger partial charge is 0.362 e. The molecular formula is C26H22BrClN4O4S. The molecule has 5 rings (SSSR count). The quantitative estimate of drug-likeness (QED) is 0.249. The van der Waals surface area contributed by atoms with Crippen LogP contribution in [0.25, 0.3) is 10.2 Å². The van der Waals surface area contributed by atoms with Gasteiger partial charge in [0.2, 0.25) is 0 Å². The lowest BCUT2D eigenvalue weighted by molar-refractivity contribution is -0.384. The van der Waals surface area contributed by atoms with Gasteiger partial charge in [-0.3, -0.25) is 25.0 Å². The number of aromatic nitrogens is 1. The molecule has 1 aliphatic heterocycles. The summed E-state index contributed by atoms with van der Waals surface area (Å²) >= 11 is 10.9. The first kappa shape index (κ1) is 25.6. The summed E-state index contributed by atoms with van der Waals surface area (Å²) in [7, 11) is 0.